The van der Waals surface area contributed by atoms with E-state index in [2.05, 4.69) is 51.1 Å². The molecule has 0 fully saturated rings. The fraction of sp³-hybridized carbons (Fsp3) is 0.435. The van der Waals surface area contributed by atoms with E-state index in [1.54, 1.807) is 7.11 Å². The summed E-state index contributed by atoms with van der Waals surface area (Å²) in [5.41, 5.74) is 2.31. The van der Waals surface area contributed by atoms with E-state index in [1.165, 1.54) is 5.56 Å². The van der Waals surface area contributed by atoms with Gasteiger partial charge in [-0.15, -0.1) is 0 Å². The molecule has 0 radical (unpaired) electrons. The molecule has 0 unspecified atom stereocenters. The van der Waals surface area contributed by atoms with Gasteiger partial charge in [-0.25, -0.2) is 4.98 Å². The Kier molecular flexibility index (Phi) is 10.8. The van der Waals surface area contributed by atoms with Gasteiger partial charge in [0, 0.05) is 45.5 Å². The van der Waals surface area contributed by atoms with Crippen molar-refractivity contribution in [1.29, 1.82) is 5.26 Å². The minimum Gasteiger partial charge on any atom is -0.497 e. The number of hydrogen-bond donors (Lipinski definition) is 1. The first kappa shape index (κ1) is 24.6. The fourth-order valence-electron chi connectivity index (χ4n) is 3.27. The number of benzene rings is 1. The lowest BCUT2D eigenvalue weighted by Gasteiger charge is -2.25. The highest BCUT2D eigenvalue weighted by atomic mass is 35.5. The van der Waals surface area contributed by atoms with Gasteiger partial charge in [0.2, 0.25) is 6.19 Å². The molecule has 2 rings (SSSR count). The van der Waals surface area contributed by atoms with E-state index < -0.39 is 0 Å². The number of aliphatic imine (C=N–C) groups is 1. The molecule has 166 valence electrons. The lowest BCUT2D eigenvalue weighted by atomic mass is 10.2. The molecule has 31 heavy (non-hydrogen) atoms. The van der Waals surface area contributed by atoms with Crippen LogP contribution in [0.4, 0.5) is 0 Å². The van der Waals surface area contributed by atoms with Crippen LogP contribution >= 0.6 is 11.6 Å². The summed E-state index contributed by atoms with van der Waals surface area (Å²) in [5.74, 6) is 1.62. The summed E-state index contributed by atoms with van der Waals surface area (Å²) < 4.78 is 5.26. The molecule has 0 aliphatic heterocycles. The highest BCUT2D eigenvalue weighted by Crippen LogP contribution is 2.15. The Balaban J connectivity index is 1.99. The van der Waals surface area contributed by atoms with Crippen molar-refractivity contribution >= 4 is 17.4 Å². The Labute approximate surface area is 190 Å². The molecule has 8 heteroatoms. The number of rotatable bonds is 12. The van der Waals surface area contributed by atoms with Gasteiger partial charge >= 0.3 is 0 Å². The predicted molar refractivity (Wildman–Crippen MR) is 125 cm³/mol. The summed E-state index contributed by atoms with van der Waals surface area (Å²) in [6, 6.07) is 11.9. The average molecular weight is 443 g/mol. The number of nitriles is 1. The molecule has 0 bridgehead atoms. The van der Waals surface area contributed by atoms with Crippen molar-refractivity contribution in [2.24, 2.45) is 4.99 Å². The van der Waals surface area contributed by atoms with E-state index in [1.807, 2.05) is 36.7 Å². The zero-order valence-electron chi connectivity index (χ0n) is 18.5. The number of amidine groups is 1. The number of hydrogen-bond acceptors (Lipinski definition) is 6. The molecule has 1 heterocycles. The predicted octanol–water partition coefficient (Wildman–Crippen LogP) is 3.56. The van der Waals surface area contributed by atoms with Crippen LogP contribution in [0.3, 0.4) is 0 Å². The summed E-state index contributed by atoms with van der Waals surface area (Å²) in [6.07, 6.45) is 3.73. The Hall–Kier alpha value is -2.66. The third-order valence-electron chi connectivity index (χ3n) is 4.96. The smallest absolute Gasteiger partial charge is 0.207 e. The van der Waals surface area contributed by atoms with Crippen LogP contribution in [-0.2, 0) is 13.1 Å². The third kappa shape index (κ3) is 8.54. The molecule has 1 N–H and O–H groups in total. The van der Waals surface area contributed by atoms with Crippen molar-refractivity contribution in [3.8, 4) is 11.9 Å². The zero-order chi connectivity index (χ0) is 22.5. The van der Waals surface area contributed by atoms with Crippen LogP contribution in [0.5, 0.6) is 5.75 Å². The average Bonchev–Trinajstić information content (AvgIpc) is 2.79. The van der Waals surface area contributed by atoms with Crippen molar-refractivity contribution in [2.75, 3.05) is 39.8 Å². The van der Waals surface area contributed by atoms with Crippen molar-refractivity contribution < 1.29 is 4.74 Å². The molecule has 7 nitrogen and oxygen atoms in total. The van der Waals surface area contributed by atoms with Gasteiger partial charge < -0.3 is 15.0 Å². The summed E-state index contributed by atoms with van der Waals surface area (Å²) in [5, 5.41) is 12.9. The standard InChI is InChI=1S/C23H31ClN6O/c1-4-30(5-2)23(28-18-25)15-26-12-13-29(17-20-8-11-22(24)27-14-20)16-19-6-9-21(31-3)10-7-19/h6-11,14,26H,4-5,12-13,15-17H2,1-3H3/b28-23+. The molecule has 0 amide bonds. The first-order valence-corrected chi connectivity index (χ1v) is 10.8. The van der Waals surface area contributed by atoms with Crippen molar-refractivity contribution in [3.63, 3.8) is 0 Å². The normalized spacial score (nSPS) is 11.4. The number of nitrogens with one attached hydrogen (secondary N) is 1. The lowest BCUT2D eigenvalue weighted by Crippen LogP contribution is -2.40. The Morgan fingerprint density at radius 2 is 1.81 bits per heavy atom. The van der Waals surface area contributed by atoms with E-state index in [-0.39, 0.29) is 0 Å². The quantitative estimate of drug-likeness (QED) is 0.178. The van der Waals surface area contributed by atoms with Gasteiger partial charge in [0.15, 0.2) is 0 Å². The van der Waals surface area contributed by atoms with Gasteiger partial charge in [-0.2, -0.15) is 10.3 Å². The number of pyridine rings is 1. The fourth-order valence-corrected chi connectivity index (χ4v) is 3.38. The van der Waals surface area contributed by atoms with Crippen LogP contribution in [0.2, 0.25) is 5.15 Å². The van der Waals surface area contributed by atoms with Crippen molar-refractivity contribution in [3.05, 3.63) is 58.9 Å². The van der Waals surface area contributed by atoms with Crippen LogP contribution in [0.25, 0.3) is 0 Å². The molecule has 0 saturated carbocycles. The molecule has 0 saturated heterocycles. The molecule has 0 aliphatic carbocycles. The van der Waals surface area contributed by atoms with Gasteiger partial charge in [-0.05, 0) is 43.2 Å². The maximum atomic E-state index is 8.98. The third-order valence-corrected chi connectivity index (χ3v) is 5.18. The topological polar surface area (TPSA) is 76.8 Å². The number of nitrogens with zero attached hydrogens (tertiary/aromatic N) is 5. The van der Waals surface area contributed by atoms with Gasteiger partial charge in [0.05, 0.1) is 13.7 Å². The molecule has 1 aromatic carbocycles. The summed E-state index contributed by atoms with van der Waals surface area (Å²) in [4.78, 5) is 12.6. The minimum atomic E-state index is 0.493. The number of likely N-dealkylation sites (N-methyl/N-ethyl adjacent to an activating group) is 1. The molecular weight excluding hydrogens is 412 g/mol. The van der Waals surface area contributed by atoms with Crippen LogP contribution < -0.4 is 10.1 Å². The molecule has 1 aromatic heterocycles. The zero-order valence-corrected chi connectivity index (χ0v) is 19.3. The SMILES string of the molecule is CCN(CC)/C(CNCCN(Cc1ccc(OC)cc1)Cc1ccc(Cl)nc1)=N/C#N. The van der Waals surface area contributed by atoms with Crippen molar-refractivity contribution in [2.45, 2.75) is 26.9 Å². The lowest BCUT2D eigenvalue weighted by molar-refractivity contribution is 0.257. The Morgan fingerprint density at radius 3 is 2.39 bits per heavy atom. The largest absolute Gasteiger partial charge is 0.497 e. The number of halogens is 1. The van der Waals surface area contributed by atoms with Crippen LogP contribution in [0.1, 0.15) is 25.0 Å². The molecule has 0 atom stereocenters. The minimum absolute atomic E-state index is 0.493. The number of aromatic nitrogens is 1. The van der Waals surface area contributed by atoms with E-state index in [0.717, 1.165) is 56.4 Å². The Morgan fingerprint density at radius 1 is 1.13 bits per heavy atom. The summed E-state index contributed by atoms with van der Waals surface area (Å²) in [7, 11) is 1.67. The van der Waals surface area contributed by atoms with E-state index >= 15 is 0 Å². The van der Waals surface area contributed by atoms with Crippen LogP contribution in [0.15, 0.2) is 47.6 Å². The Bertz CT molecular complexity index is 844. The first-order valence-electron chi connectivity index (χ1n) is 10.5. The monoisotopic (exact) mass is 442 g/mol. The maximum absolute atomic E-state index is 8.98. The van der Waals surface area contributed by atoms with Crippen LogP contribution in [-0.4, -0.2) is 60.5 Å². The second-order valence-electron chi connectivity index (χ2n) is 7.02. The number of ether oxygens (including phenoxy) is 1. The maximum Gasteiger partial charge on any atom is 0.207 e. The highest BCUT2D eigenvalue weighted by molar-refractivity contribution is 6.29. The molecule has 0 spiro atoms. The van der Waals surface area contributed by atoms with Gasteiger partial charge in [0.25, 0.3) is 0 Å². The second-order valence-corrected chi connectivity index (χ2v) is 7.41. The van der Waals surface area contributed by atoms with E-state index in [4.69, 9.17) is 21.6 Å². The summed E-state index contributed by atoms with van der Waals surface area (Å²) in [6.45, 7) is 9.48. The van der Waals surface area contributed by atoms with E-state index in [9.17, 15) is 0 Å². The van der Waals surface area contributed by atoms with Crippen LogP contribution in [0, 0.1) is 11.5 Å². The second kappa shape index (κ2) is 13.6. The van der Waals surface area contributed by atoms with Crippen molar-refractivity contribution in [1.82, 2.24) is 20.1 Å². The first-order chi connectivity index (χ1) is 15.1. The van der Waals surface area contributed by atoms with Gasteiger partial charge in [-0.3, -0.25) is 4.90 Å². The number of methoxy groups -OCH3 is 1. The van der Waals surface area contributed by atoms with Gasteiger partial charge in [0.1, 0.15) is 16.7 Å². The molecule has 0 aliphatic rings. The molecule has 2 aromatic rings. The van der Waals surface area contributed by atoms with E-state index in [0.29, 0.717) is 11.7 Å². The highest BCUT2D eigenvalue weighted by Gasteiger charge is 2.10. The van der Waals surface area contributed by atoms with Gasteiger partial charge in [-0.1, -0.05) is 29.8 Å². The summed E-state index contributed by atoms with van der Waals surface area (Å²) >= 11 is 5.93. The molecular formula is C23H31ClN6O.